The lowest BCUT2D eigenvalue weighted by Crippen LogP contribution is -2.13. The largest absolute Gasteiger partial charge is 0.493 e. The van der Waals surface area contributed by atoms with E-state index in [1.807, 2.05) is 38.1 Å². The van der Waals surface area contributed by atoms with E-state index in [2.05, 4.69) is 31.4 Å². The lowest BCUT2D eigenvalue weighted by molar-refractivity contribution is -0.112. The lowest BCUT2D eigenvalue weighted by Gasteiger charge is -2.15. The van der Waals surface area contributed by atoms with Gasteiger partial charge in [-0.25, -0.2) is 0 Å². The number of benzene rings is 2. The van der Waals surface area contributed by atoms with Gasteiger partial charge in [-0.15, -0.1) is 10.2 Å². The lowest BCUT2D eigenvalue weighted by atomic mass is 10.1. The van der Waals surface area contributed by atoms with Crippen LogP contribution >= 0.6 is 27.3 Å². The number of aromatic nitrogens is 2. The topological polar surface area (TPSA) is 106 Å². The monoisotopic (exact) mass is 542 g/mol. The van der Waals surface area contributed by atoms with E-state index in [1.54, 1.807) is 19.1 Å². The Morgan fingerprint density at radius 1 is 1.15 bits per heavy atom. The molecule has 0 bridgehead atoms. The molecule has 0 spiro atoms. The summed E-state index contributed by atoms with van der Waals surface area (Å²) >= 11 is 4.71. The van der Waals surface area contributed by atoms with Gasteiger partial charge in [0.05, 0.1) is 11.6 Å². The SMILES string of the molecule is COc1cc(/C=C(/C#N)C(=O)Nc2nnc(C)s2)cc(Br)c1OCCOc1cc(C)ccc1C. The molecular formula is C24H23BrN4O4S. The number of methoxy groups -OCH3 is 1. The van der Waals surface area contributed by atoms with Crippen LogP contribution in [0.25, 0.3) is 6.08 Å². The van der Waals surface area contributed by atoms with E-state index in [9.17, 15) is 10.1 Å². The number of ether oxygens (including phenoxy) is 3. The van der Waals surface area contributed by atoms with Crippen LogP contribution in [-0.4, -0.2) is 36.4 Å². The number of hydrogen-bond donors (Lipinski definition) is 1. The first-order chi connectivity index (χ1) is 16.3. The van der Waals surface area contributed by atoms with Gasteiger partial charge in [-0.3, -0.25) is 10.1 Å². The molecule has 0 fully saturated rings. The van der Waals surface area contributed by atoms with Gasteiger partial charge in [-0.2, -0.15) is 5.26 Å². The van der Waals surface area contributed by atoms with Crippen LogP contribution in [0, 0.1) is 32.1 Å². The van der Waals surface area contributed by atoms with Crippen molar-refractivity contribution in [3.05, 3.63) is 62.1 Å². The van der Waals surface area contributed by atoms with Crippen LogP contribution < -0.4 is 19.5 Å². The van der Waals surface area contributed by atoms with Gasteiger partial charge < -0.3 is 14.2 Å². The fourth-order valence-corrected chi connectivity index (χ4v) is 4.11. The average molecular weight is 543 g/mol. The van der Waals surface area contributed by atoms with E-state index in [1.165, 1.54) is 24.5 Å². The zero-order valence-corrected chi connectivity index (χ0v) is 21.5. The van der Waals surface area contributed by atoms with Gasteiger partial charge in [0.25, 0.3) is 5.91 Å². The molecule has 0 radical (unpaired) electrons. The molecular weight excluding hydrogens is 520 g/mol. The maximum Gasteiger partial charge on any atom is 0.268 e. The number of carbonyl (C=O) groups excluding carboxylic acids is 1. The normalized spacial score (nSPS) is 11.0. The molecule has 176 valence electrons. The Hall–Kier alpha value is -3.42. The Bertz CT molecular complexity index is 1270. The molecule has 0 aliphatic heterocycles. The van der Waals surface area contributed by atoms with Crippen molar-refractivity contribution in [2.75, 3.05) is 25.6 Å². The molecule has 3 rings (SSSR count). The molecule has 0 aliphatic rings. The number of hydrogen-bond acceptors (Lipinski definition) is 8. The first-order valence-corrected chi connectivity index (χ1v) is 11.8. The molecule has 0 atom stereocenters. The highest BCUT2D eigenvalue weighted by molar-refractivity contribution is 9.10. The number of nitriles is 1. The summed E-state index contributed by atoms with van der Waals surface area (Å²) in [6.07, 6.45) is 1.46. The fraction of sp³-hybridized carbons (Fsp3) is 0.250. The second-order valence-corrected chi connectivity index (χ2v) is 9.29. The Labute approximate surface area is 210 Å². The molecule has 1 heterocycles. The van der Waals surface area contributed by atoms with Gasteiger partial charge in [0.15, 0.2) is 11.5 Å². The summed E-state index contributed by atoms with van der Waals surface area (Å²) in [5.41, 5.74) is 2.68. The first-order valence-electron chi connectivity index (χ1n) is 10.2. The van der Waals surface area contributed by atoms with Gasteiger partial charge in [0.1, 0.15) is 35.6 Å². The molecule has 3 aromatic rings. The highest BCUT2D eigenvalue weighted by atomic mass is 79.9. The molecule has 1 aromatic heterocycles. The third kappa shape index (κ3) is 6.56. The van der Waals surface area contributed by atoms with Crippen molar-refractivity contribution in [2.24, 2.45) is 0 Å². The number of anilines is 1. The number of halogens is 1. The van der Waals surface area contributed by atoms with Crippen LogP contribution in [0.4, 0.5) is 5.13 Å². The van der Waals surface area contributed by atoms with Crippen LogP contribution in [0.2, 0.25) is 0 Å². The van der Waals surface area contributed by atoms with Crippen molar-refractivity contribution in [3.8, 4) is 23.3 Å². The van der Waals surface area contributed by atoms with E-state index in [0.717, 1.165) is 16.9 Å². The number of amides is 1. The number of rotatable bonds is 9. The molecule has 1 N–H and O–H groups in total. The number of nitrogens with one attached hydrogen (secondary N) is 1. The highest BCUT2D eigenvalue weighted by Crippen LogP contribution is 2.37. The second kappa shape index (κ2) is 11.6. The highest BCUT2D eigenvalue weighted by Gasteiger charge is 2.15. The van der Waals surface area contributed by atoms with Gasteiger partial charge in [0.2, 0.25) is 5.13 Å². The van der Waals surface area contributed by atoms with Crippen molar-refractivity contribution in [2.45, 2.75) is 20.8 Å². The van der Waals surface area contributed by atoms with Crippen LogP contribution in [-0.2, 0) is 4.79 Å². The summed E-state index contributed by atoms with van der Waals surface area (Å²) in [6, 6.07) is 11.4. The van der Waals surface area contributed by atoms with E-state index < -0.39 is 5.91 Å². The standard InChI is InChI=1S/C24H23BrN4O4S/c1-14-5-6-15(2)20(9-14)32-7-8-33-22-19(25)11-17(12-21(22)31-4)10-18(13-26)23(30)27-24-29-28-16(3)34-24/h5-6,9-12H,7-8H2,1-4H3,(H,27,29,30)/b18-10-. The molecule has 8 nitrogen and oxygen atoms in total. The Morgan fingerprint density at radius 3 is 2.59 bits per heavy atom. The molecule has 0 unspecified atom stereocenters. The van der Waals surface area contributed by atoms with E-state index in [4.69, 9.17) is 14.2 Å². The molecule has 0 saturated carbocycles. The van der Waals surface area contributed by atoms with Crippen LogP contribution in [0.3, 0.4) is 0 Å². The third-order valence-electron chi connectivity index (χ3n) is 4.61. The summed E-state index contributed by atoms with van der Waals surface area (Å²) in [7, 11) is 1.52. The molecule has 10 heteroatoms. The second-order valence-electron chi connectivity index (χ2n) is 7.25. The summed E-state index contributed by atoms with van der Waals surface area (Å²) in [5.74, 6) is 1.19. The van der Waals surface area contributed by atoms with Crippen molar-refractivity contribution in [1.29, 1.82) is 5.26 Å². The van der Waals surface area contributed by atoms with Gasteiger partial charge >= 0.3 is 0 Å². The summed E-state index contributed by atoms with van der Waals surface area (Å²) in [4.78, 5) is 12.5. The van der Waals surface area contributed by atoms with E-state index in [-0.39, 0.29) is 5.57 Å². The quantitative estimate of drug-likeness (QED) is 0.224. The van der Waals surface area contributed by atoms with Gasteiger partial charge in [-0.1, -0.05) is 23.5 Å². The van der Waals surface area contributed by atoms with Gasteiger partial charge in [-0.05, 0) is 77.7 Å². The maximum absolute atomic E-state index is 12.5. The molecule has 2 aromatic carbocycles. The number of nitrogens with zero attached hydrogens (tertiary/aromatic N) is 3. The number of carbonyl (C=O) groups is 1. The summed E-state index contributed by atoms with van der Waals surface area (Å²) in [6.45, 7) is 6.43. The Morgan fingerprint density at radius 2 is 1.91 bits per heavy atom. The Kier molecular flexibility index (Phi) is 8.62. The van der Waals surface area contributed by atoms with Crippen LogP contribution in [0.15, 0.2) is 40.4 Å². The van der Waals surface area contributed by atoms with Crippen LogP contribution in [0.1, 0.15) is 21.7 Å². The predicted octanol–water partition coefficient (Wildman–Crippen LogP) is 5.24. The fourth-order valence-electron chi connectivity index (χ4n) is 2.95. The summed E-state index contributed by atoms with van der Waals surface area (Å²) in [5, 5.41) is 20.8. The van der Waals surface area contributed by atoms with E-state index >= 15 is 0 Å². The van der Waals surface area contributed by atoms with Crippen LogP contribution in [0.5, 0.6) is 17.2 Å². The average Bonchev–Trinajstić information content (AvgIpc) is 3.22. The minimum Gasteiger partial charge on any atom is -0.493 e. The molecule has 1 amide bonds. The molecule has 0 saturated heterocycles. The third-order valence-corrected chi connectivity index (χ3v) is 5.95. The van der Waals surface area contributed by atoms with Crippen molar-refractivity contribution < 1.29 is 19.0 Å². The predicted molar refractivity (Wildman–Crippen MR) is 134 cm³/mol. The van der Waals surface area contributed by atoms with E-state index in [0.29, 0.717) is 44.9 Å². The maximum atomic E-state index is 12.5. The number of aryl methyl sites for hydroxylation is 3. The zero-order valence-electron chi connectivity index (χ0n) is 19.1. The van der Waals surface area contributed by atoms with Crippen molar-refractivity contribution in [3.63, 3.8) is 0 Å². The minimum absolute atomic E-state index is 0.0857. The smallest absolute Gasteiger partial charge is 0.268 e. The minimum atomic E-state index is -0.572. The molecule has 34 heavy (non-hydrogen) atoms. The Balaban J connectivity index is 1.69. The van der Waals surface area contributed by atoms with Gasteiger partial charge in [0, 0.05) is 0 Å². The van der Waals surface area contributed by atoms with Crippen molar-refractivity contribution in [1.82, 2.24) is 10.2 Å². The molecule has 0 aliphatic carbocycles. The zero-order chi connectivity index (χ0) is 24.7. The first kappa shape index (κ1) is 25.2. The van der Waals surface area contributed by atoms with Crippen molar-refractivity contribution >= 4 is 44.4 Å². The summed E-state index contributed by atoms with van der Waals surface area (Å²) < 4.78 is 17.8.